The number of aromatic nitrogens is 2. The Labute approximate surface area is 80.4 Å². The van der Waals surface area contributed by atoms with Gasteiger partial charge in [0, 0.05) is 18.3 Å². The molecule has 0 N–H and O–H groups in total. The lowest BCUT2D eigenvalue weighted by molar-refractivity contribution is 0.417. The summed E-state index contributed by atoms with van der Waals surface area (Å²) in [7, 11) is 0. The molecule has 0 amide bonds. The summed E-state index contributed by atoms with van der Waals surface area (Å²) in [4.78, 5) is 8.62. The Hall–Kier alpha value is -0.920. The summed E-state index contributed by atoms with van der Waals surface area (Å²) >= 11 is 0. The van der Waals surface area contributed by atoms with E-state index in [0.717, 1.165) is 12.2 Å². The minimum atomic E-state index is 0.520. The monoisotopic (exact) mass is 178 g/mol. The average Bonchev–Trinajstić information content (AvgIpc) is 2.20. The molecule has 1 heterocycles. The molecule has 2 unspecified atom stereocenters. The molecule has 0 fully saturated rings. The van der Waals surface area contributed by atoms with Crippen molar-refractivity contribution in [2.45, 2.75) is 39.5 Å². The van der Waals surface area contributed by atoms with E-state index in [-0.39, 0.29) is 0 Å². The Kier molecular flexibility index (Phi) is 3.87. The van der Waals surface area contributed by atoms with Crippen LogP contribution < -0.4 is 0 Å². The molecule has 1 rings (SSSR count). The summed E-state index contributed by atoms with van der Waals surface area (Å²) in [6, 6.07) is 1.87. The lowest BCUT2D eigenvalue weighted by Crippen LogP contribution is -2.11. The van der Waals surface area contributed by atoms with Crippen LogP contribution in [0.1, 0.15) is 45.4 Å². The molecule has 0 spiro atoms. The van der Waals surface area contributed by atoms with Crippen LogP contribution in [0.2, 0.25) is 0 Å². The van der Waals surface area contributed by atoms with E-state index in [1.54, 1.807) is 0 Å². The molecule has 0 saturated heterocycles. The Morgan fingerprint density at radius 3 is 2.23 bits per heavy atom. The fraction of sp³-hybridized carbons (Fsp3) is 0.636. The second kappa shape index (κ2) is 4.95. The van der Waals surface area contributed by atoms with E-state index >= 15 is 0 Å². The highest BCUT2D eigenvalue weighted by Gasteiger charge is 2.17. The molecular formula is C11H18N2. The van der Waals surface area contributed by atoms with Crippen molar-refractivity contribution in [2.24, 2.45) is 5.92 Å². The first-order chi connectivity index (χ1) is 6.29. The Balaban J connectivity index is 2.78. The third-order valence-corrected chi connectivity index (χ3v) is 2.69. The number of rotatable bonds is 4. The third kappa shape index (κ3) is 2.51. The van der Waals surface area contributed by atoms with Crippen LogP contribution >= 0.6 is 0 Å². The molecule has 72 valence electrons. The van der Waals surface area contributed by atoms with Gasteiger partial charge in [-0.1, -0.05) is 27.2 Å². The van der Waals surface area contributed by atoms with Gasteiger partial charge in [0.25, 0.3) is 0 Å². The molecule has 0 radical (unpaired) electrons. The summed E-state index contributed by atoms with van der Waals surface area (Å²) < 4.78 is 0. The van der Waals surface area contributed by atoms with E-state index in [1.807, 2.05) is 18.5 Å². The van der Waals surface area contributed by atoms with Crippen molar-refractivity contribution in [3.05, 3.63) is 24.3 Å². The van der Waals surface area contributed by atoms with Crippen molar-refractivity contribution in [1.82, 2.24) is 9.97 Å². The molecule has 2 atom stereocenters. The Morgan fingerprint density at radius 1 is 1.15 bits per heavy atom. The molecule has 0 bridgehead atoms. The normalized spacial score (nSPS) is 15.3. The van der Waals surface area contributed by atoms with Gasteiger partial charge in [-0.15, -0.1) is 0 Å². The summed E-state index contributed by atoms with van der Waals surface area (Å²) in [6.07, 6.45) is 5.97. The van der Waals surface area contributed by atoms with Crippen molar-refractivity contribution in [3.8, 4) is 0 Å². The van der Waals surface area contributed by atoms with Crippen LogP contribution in [0.25, 0.3) is 0 Å². The van der Waals surface area contributed by atoms with Crippen LogP contribution in [-0.4, -0.2) is 9.97 Å². The second-order valence-electron chi connectivity index (χ2n) is 3.51. The van der Waals surface area contributed by atoms with Crippen molar-refractivity contribution in [1.29, 1.82) is 0 Å². The van der Waals surface area contributed by atoms with Gasteiger partial charge >= 0.3 is 0 Å². The van der Waals surface area contributed by atoms with Gasteiger partial charge in [0.15, 0.2) is 0 Å². The fourth-order valence-electron chi connectivity index (χ4n) is 1.63. The highest BCUT2D eigenvalue weighted by Crippen LogP contribution is 2.26. The lowest BCUT2D eigenvalue weighted by atomic mass is 9.89. The molecular weight excluding hydrogens is 160 g/mol. The van der Waals surface area contributed by atoms with E-state index in [0.29, 0.717) is 11.8 Å². The smallest absolute Gasteiger partial charge is 0.131 e. The van der Waals surface area contributed by atoms with Crippen LogP contribution in [0.3, 0.4) is 0 Å². The van der Waals surface area contributed by atoms with Crippen molar-refractivity contribution < 1.29 is 0 Å². The molecule has 0 aliphatic carbocycles. The Bertz CT molecular complexity index is 233. The second-order valence-corrected chi connectivity index (χ2v) is 3.51. The molecule has 1 aromatic heterocycles. The van der Waals surface area contributed by atoms with Crippen molar-refractivity contribution >= 4 is 0 Å². The molecule has 13 heavy (non-hydrogen) atoms. The van der Waals surface area contributed by atoms with E-state index < -0.39 is 0 Å². The maximum Gasteiger partial charge on any atom is 0.131 e. The summed E-state index contributed by atoms with van der Waals surface area (Å²) in [6.45, 7) is 6.69. The highest BCUT2D eigenvalue weighted by atomic mass is 14.9. The van der Waals surface area contributed by atoms with E-state index in [1.165, 1.54) is 6.42 Å². The first kappa shape index (κ1) is 10.2. The summed E-state index contributed by atoms with van der Waals surface area (Å²) in [5, 5.41) is 0. The van der Waals surface area contributed by atoms with E-state index in [9.17, 15) is 0 Å². The van der Waals surface area contributed by atoms with Gasteiger partial charge in [0.05, 0.1) is 0 Å². The maximum absolute atomic E-state index is 4.31. The molecule has 0 aliphatic heterocycles. The van der Waals surface area contributed by atoms with Gasteiger partial charge in [-0.2, -0.15) is 0 Å². The average molecular weight is 178 g/mol. The standard InChI is InChI=1S/C11H18N2/c1-4-9(3)10(5-2)11-12-7-6-8-13-11/h6-10H,4-5H2,1-3H3. The number of nitrogens with zero attached hydrogens (tertiary/aromatic N) is 2. The highest BCUT2D eigenvalue weighted by molar-refractivity contribution is 4.98. The SMILES string of the molecule is CCC(C)C(CC)c1ncccn1. The minimum absolute atomic E-state index is 0.520. The zero-order chi connectivity index (χ0) is 9.68. The predicted molar refractivity (Wildman–Crippen MR) is 54.5 cm³/mol. The quantitative estimate of drug-likeness (QED) is 0.708. The van der Waals surface area contributed by atoms with Gasteiger partial charge in [0.1, 0.15) is 5.82 Å². The summed E-state index contributed by atoms with van der Waals surface area (Å²) in [5.74, 6) is 2.19. The lowest BCUT2D eigenvalue weighted by Gasteiger charge is -2.19. The van der Waals surface area contributed by atoms with Crippen LogP contribution in [-0.2, 0) is 0 Å². The molecule has 1 aromatic rings. The van der Waals surface area contributed by atoms with Crippen LogP contribution in [0.15, 0.2) is 18.5 Å². The van der Waals surface area contributed by atoms with Crippen molar-refractivity contribution in [2.75, 3.05) is 0 Å². The van der Waals surface area contributed by atoms with E-state index in [2.05, 4.69) is 30.7 Å². The topological polar surface area (TPSA) is 25.8 Å². The number of hydrogen-bond acceptors (Lipinski definition) is 2. The molecule has 0 aromatic carbocycles. The fourth-order valence-corrected chi connectivity index (χ4v) is 1.63. The molecule has 2 nitrogen and oxygen atoms in total. The predicted octanol–water partition coefficient (Wildman–Crippen LogP) is 3.02. The van der Waals surface area contributed by atoms with Gasteiger partial charge in [-0.25, -0.2) is 9.97 Å². The van der Waals surface area contributed by atoms with Gasteiger partial charge in [0.2, 0.25) is 0 Å². The molecule has 0 aliphatic rings. The molecule has 2 heteroatoms. The van der Waals surface area contributed by atoms with Crippen molar-refractivity contribution in [3.63, 3.8) is 0 Å². The van der Waals surface area contributed by atoms with Crippen LogP contribution in [0.5, 0.6) is 0 Å². The molecule has 0 saturated carbocycles. The maximum atomic E-state index is 4.31. The van der Waals surface area contributed by atoms with Crippen LogP contribution in [0.4, 0.5) is 0 Å². The first-order valence-electron chi connectivity index (χ1n) is 5.06. The Morgan fingerprint density at radius 2 is 1.77 bits per heavy atom. The summed E-state index contributed by atoms with van der Waals surface area (Å²) in [5.41, 5.74) is 0. The zero-order valence-electron chi connectivity index (χ0n) is 8.70. The third-order valence-electron chi connectivity index (χ3n) is 2.69. The van der Waals surface area contributed by atoms with Gasteiger partial charge in [-0.05, 0) is 18.4 Å². The van der Waals surface area contributed by atoms with Gasteiger partial charge in [-0.3, -0.25) is 0 Å². The first-order valence-corrected chi connectivity index (χ1v) is 5.06. The van der Waals surface area contributed by atoms with Crippen LogP contribution in [0, 0.1) is 5.92 Å². The minimum Gasteiger partial charge on any atom is -0.241 e. The number of hydrogen-bond donors (Lipinski definition) is 0. The zero-order valence-corrected chi connectivity index (χ0v) is 8.70. The largest absolute Gasteiger partial charge is 0.241 e. The van der Waals surface area contributed by atoms with Gasteiger partial charge < -0.3 is 0 Å². The van der Waals surface area contributed by atoms with E-state index in [4.69, 9.17) is 0 Å².